The van der Waals surface area contributed by atoms with Gasteiger partial charge in [-0.05, 0) is 10.7 Å². The average Bonchev–Trinajstić information content (AvgIpc) is 2.88. The molecule has 6 heteroatoms. The van der Waals surface area contributed by atoms with Crippen molar-refractivity contribution in [1.82, 2.24) is 15.5 Å². The lowest BCUT2D eigenvalue weighted by Crippen LogP contribution is -2.66. The minimum atomic E-state index is -0.799. The normalized spacial score (nSPS) is 26.5. The van der Waals surface area contributed by atoms with Crippen molar-refractivity contribution in [3.05, 3.63) is 48.4 Å². The Morgan fingerprint density at radius 1 is 1.42 bits per heavy atom. The Labute approximate surface area is 110 Å². The van der Waals surface area contributed by atoms with Crippen LogP contribution in [0.2, 0.25) is 0 Å². The van der Waals surface area contributed by atoms with Gasteiger partial charge in [0.2, 0.25) is 0 Å². The summed E-state index contributed by atoms with van der Waals surface area (Å²) >= 11 is 0. The van der Waals surface area contributed by atoms with E-state index >= 15 is 0 Å². The number of hydroxylamine groups is 1. The number of carboxylic acid groups (broad SMARTS) is 1. The van der Waals surface area contributed by atoms with Crippen LogP contribution >= 0.6 is 0 Å². The zero-order valence-corrected chi connectivity index (χ0v) is 10.3. The van der Waals surface area contributed by atoms with Crippen LogP contribution in [0, 0.1) is 5.92 Å². The van der Waals surface area contributed by atoms with Gasteiger partial charge >= 0.3 is 5.97 Å². The van der Waals surface area contributed by atoms with Gasteiger partial charge in [-0.1, -0.05) is 30.3 Å². The molecule has 2 N–H and O–H groups in total. The third-order valence-electron chi connectivity index (χ3n) is 3.40. The van der Waals surface area contributed by atoms with E-state index in [4.69, 9.17) is 4.84 Å². The number of rotatable bonds is 4. The highest BCUT2D eigenvalue weighted by atomic mass is 16.7. The number of carbonyl (C=O) groups is 1. The van der Waals surface area contributed by atoms with E-state index in [1.54, 1.807) is 6.20 Å². The van der Waals surface area contributed by atoms with Gasteiger partial charge in [0, 0.05) is 13.1 Å². The Balaban J connectivity index is 1.69. The molecule has 2 aliphatic rings. The zero-order chi connectivity index (χ0) is 13.2. The minimum absolute atomic E-state index is 0.298. The molecule has 1 saturated heterocycles. The van der Waals surface area contributed by atoms with Gasteiger partial charge in [0.05, 0.1) is 6.20 Å². The standard InChI is InChI=1S/C13H15N3O3/c17-13(18)11-9-15(8-10-4-2-1-3-5-10)12(11)16-14-6-7-19-16/h1-7,11-12,14H,8-9H2,(H,17,18). The van der Waals surface area contributed by atoms with Crippen LogP contribution in [-0.4, -0.2) is 33.9 Å². The van der Waals surface area contributed by atoms with Crippen LogP contribution < -0.4 is 5.43 Å². The number of hydrogen-bond acceptors (Lipinski definition) is 5. The van der Waals surface area contributed by atoms with E-state index < -0.39 is 11.9 Å². The molecule has 100 valence electrons. The fourth-order valence-electron chi connectivity index (χ4n) is 2.43. The van der Waals surface area contributed by atoms with Crippen LogP contribution in [0.5, 0.6) is 0 Å². The minimum Gasteiger partial charge on any atom is -0.481 e. The van der Waals surface area contributed by atoms with Crippen LogP contribution in [0.25, 0.3) is 0 Å². The summed E-state index contributed by atoms with van der Waals surface area (Å²) in [4.78, 5) is 18.5. The first-order valence-electron chi connectivity index (χ1n) is 6.13. The first-order valence-corrected chi connectivity index (χ1v) is 6.13. The van der Waals surface area contributed by atoms with Crippen LogP contribution in [0.3, 0.4) is 0 Å². The van der Waals surface area contributed by atoms with E-state index in [0.29, 0.717) is 13.1 Å². The second kappa shape index (κ2) is 4.91. The first-order chi connectivity index (χ1) is 9.25. The lowest BCUT2D eigenvalue weighted by Gasteiger charge is -2.48. The first kappa shape index (κ1) is 12.0. The predicted octanol–water partition coefficient (Wildman–Crippen LogP) is 0.752. The third-order valence-corrected chi connectivity index (χ3v) is 3.40. The average molecular weight is 261 g/mol. The third kappa shape index (κ3) is 2.27. The molecular formula is C13H15N3O3. The Morgan fingerprint density at radius 2 is 2.21 bits per heavy atom. The largest absolute Gasteiger partial charge is 0.481 e. The number of likely N-dealkylation sites (tertiary alicyclic amines) is 1. The molecule has 2 aliphatic heterocycles. The highest BCUT2D eigenvalue weighted by Crippen LogP contribution is 2.30. The molecule has 0 aromatic heterocycles. The molecule has 1 aromatic rings. The molecule has 1 aromatic carbocycles. The summed E-state index contributed by atoms with van der Waals surface area (Å²) in [6, 6.07) is 9.98. The highest BCUT2D eigenvalue weighted by molar-refractivity contribution is 5.72. The molecule has 0 bridgehead atoms. The van der Waals surface area contributed by atoms with Crippen molar-refractivity contribution in [1.29, 1.82) is 0 Å². The summed E-state index contributed by atoms with van der Waals surface area (Å²) in [5.41, 5.74) is 4.04. The lowest BCUT2D eigenvalue weighted by atomic mass is 9.94. The van der Waals surface area contributed by atoms with Crippen molar-refractivity contribution in [2.24, 2.45) is 5.92 Å². The summed E-state index contributed by atoms with van der Waals surface area (Å²) in [6.45, 7) is 1.23. The molecule has 2 heterocycles. The highest BCUT2D eigenvalue weighted by Gasteiger charge is 2.48. The Hall–Kier alpha value is -2.05. The Bertz CT molecular complexity index is 483. The lowest BCUT2D eigenvalue weighted by molar-refractivity contribution is -0.248. The van der Waals surface area contributed by atoms with Gasteiger partial charge in [-0.25, -0.2) is 0 Å². The summed E-state index contributed by atoms with van der Waals surface area (Å²) in [6.07, 6.45) is 2.84. The van der Waals surface area contributed by atoms with Crippen molar-refractivity contribution in [2.75, 3.05) is 6.54 Å². The summed E-state index contributed by atoms with van der Waals surface area (Å²) < 4.78 is 0. The summed E-state index contributed by atoms with van der Waals surface area (Å²) in [5, 5.41) is 10.7. The summed E-state index contributed by atoms with van der Waals surface area (Å²) in [5.74, 6) is -1.25. The molecule has 2 unspecified atom stereocenters. The number of hydrogen-bond donors (Lipinski definition) is 2. The van der Waals surface area contributed by atoms with Gasteiger partial charge in [-0.3, -0.25) is 15.1 Å². The van der Waals surface area contributed by atoms with E-state index in [1.165, 1.54) is 11.4 Å². The van der Waals surface area contributed by atoms with E-state index in [-0.39, 0.29) is 6.17 Å². The van der Waals surface area contributed by atoms with E-state index in [0.717, 1.165) is 5.56 Å². The number of nitrogens with one attached hydrogen (secondary N) is 1. The predicted molar refractivity (Wildman–Crippen MR) is 67.0 cm³/mol. The number of aliphatic carboxylic acids is 1. The number of benzene rings is 1. The topological polar surface area (TPSA) is 65.0 Å². The van der Waals surface area contributed by atoms with Gasteiger partial charge in [0.15, 0.2) is 0 Å². The van der Waals surface area contributed by atoms with Crippen molar-refractivity contribution in [2.45, 2.75) is 12.7 Å². The fraction of sp³-hybridized carbons (Fsp3) is 0.308. The molecule has 6 nitrogen and oxygen atoms in total. The van der Waals surface area contributed by atoms with Crippen molar-refractivity contribution >= 4 is 5.97 Å². The van der Waals surface area contributed by atoms with Crippen molar-refractivity contribution in [3.8, 4) is 0 Å². The number of nitrogens with zero attached hydrogens (tertiary/aromatic N) is 2. The molecule has 0 spiro atoms. The van der Waals surface area contributed by atoms with Gasteiger partial charge in [-0.15, -0.1) is 0 Å². The van der Waals surface area contributed by atoms with Gasteiger partial charge in [0.1, 0.15) is 18.3 Å². The van der Waals surface area contributed by atoms with Crippen molar-refractivity contribution < 1.29 is 14.7 Å². The molecule has 0 amide bonds. The molecule has 3 rings (SSSR count). The van der Waals surface area contributed by atoms with Crippen LogP contribution in [0.1, 0.15) is 5.56 Å². The Morgan fingerprint density at radius 3 is 2.84 bits per heavy atom. The molecule has 0 saturated carbocycles. The van der Waals surface area contributed by atoms with Crippen molar-refractivity contribution in [3.63, 3.8) is 0 Å². The van der Waals surface area contributed by atoms with E-state index in [1.807, 2.05) is 30.3 Å². The van der Waals surface area contributed by atoms with Gasteiger partial charge < -0.3 is 9.94 Å². The smallest absolute Gasteiger partial charge is 0.310 e. The molecule has 1 fully saturated rings. The molecule has 2 atom stereocenters. The fourth-order valence-corrected chi connectivity index (χ4v) is 2.43. The second-order valence-corrected chi connectivity index (χ2v) is 4.64. The maximum absolute atomic E-state index is 11.2. The summed E-state index contributed by atoms with van der Waals surface area (Å²) in [7, 11) is 0. The molecule has 19 heavy (non-hydrogen) atoms. The maximum Gasteiger partial charge on any atom is 0.310 e. The SMILES string of the molecule is O=C(O)C1CN(Cc2ccccc2)C1N1NC=CO1. The molecule has 0 radical (unpaired) electrons. The molecule has 0 aliphatic carbocycles. The number of hydrazine groups is 1. The van der Waals surface area contributed by atoms with Crippen LogP contribution in [0.15, 0.2) is 42.8 Å². The van der Waals surface area contributed by atoms with E-state index in [2.05, 4.69) is 10.3 Å². The zero-order valence-electron chi connectivity index (χ0n) is 10.3. The molecular weight excluding hydrogens is 246 g/mol. The number of carboxylic acids is 1. The van der Waals surface area contributed by atoms with Crippen LogP contribution in [0.4, 0.5) is 0 Å². The van der Waals surface area contributed by atoms with Gasteiger partial charge in [0.25, 0.3) is 0 Å². The van der Waals surface area contributed by atoms with Crippen LogP contribution in [-0.2, 0) is 16.2 Å². The quantitative estimate of drug-likeness (QED) is 0.834. The Kier molecular flexibility index (Phi) is 3.10. The second-order valence-electron chi connectivity index (χ2n) is 4.64. The maximum atomic E-state index is 11.2. The monoisotopic (exact) mass is 261 g/mol. The van der Waals surface area contributed by atoms with Gasteiger partial charge in [-0.2, -0.15) is 0 Å². The van der Waals surface area contributed by atoms with E-state index in [9.17, 15) is 9.90 Å².